The van der Waals surface area contributed by atoms with Crippen LogP contribution in [-0.2, 0) is 9.59 Å². The Bertz CT molecular complexity index is 397. The maximum Gasteiger partial charge on any atom is 0.330 e. The molecule has 2 N–H and O–H groups in total. The van der Waals surface area contributed by atoms with E-state index in [1.54, 1.807) is 0 Å². The topological polar surface area (TPSA) is 66.4 Å². The third-order valence-corrected chi connectivity index (χ3v) is 2.05. The Kier molecular flexibility index (Phi) is 3.62. The van der Waals surface area contributed by atoms with Crippen LogP contribution < -0.4 is 5.32 Å². The maximum atomic E-state index is 12.8. The highest BCUT2D eigenvalue weighted by Crippen LogP contribution is 2.20. The molecule has 6 heteroatoms. The van der Waals surface area contributed by atoms with Gasteiger partial charge in [-0.3, -0.25) is 4.79 Å². The van der Waals surface area contributed by atoms with Crippen molar-refractivity contribution in [1.82, 2.24) is 5.32 Å². The molecule has 15 heavy (non-hydrogen) atoms. The molecule has 1 atom stereocenters. The molecule has 0 aromatic heterocycles. The summed E-state index contributed by atoms with van der Waals surface area (Å²) in [6.45, 7) is 0. The molecule has 0 heterocycles. The van der Waals surface area contributed by atoms with Gasteiger partial charge in [0.25, 0.3) is 0 Å². The first kappa shape index (κ1) is 11.5. The minimum atomic E-state index is -1.25. The maximum absolute atomic E-state index is 12.8. The quantitative estimate of drug-likeness (QED) is 0.769. The second kappa shape index (κ2) is 4.75. The van der Waals surface area contributed by atoms with Gasteiger partial charge in [0, 0.05) is 0 Å². The largest absolute Gasteiger partial charge is 0.479 e. The molecule has 0 spiro atoms. The summed E-state index contributed by atoms with van der Waals surface area (Å²) in [6.07, 6.45) is 0.260. The van der Waals surface area contributed by atoms with E-state index in [9.17, 15) is 14.0 Å². The van der Waals surface area contributed by atoms with Crippen molar-refractivity contribution in [2.75, 3.05) is 0 Å². The van der Waals surface area contributed by atoms with E-state index in [0.29, 0.717) is 0 Å². The Labute approximate surface area is 89.7 Å². The number of carbonyl (C=O) groups is 2. The third-order valence-electron chi connectivity index (χ3n) is 1.76. The molecule has 0 aliphatic carbocycles. The first-order valence-electron chi connectivity index (χ1n) is 3.93. The molecular weight excluding hydrogens is 225 g/mol. The second-order valence-electron chi connectivity index (χ2n) is 2.73. The van der Waals surface area contributed by atoms with Crippen molar-refractivity contribution < 1.29 is 19.1 Å². The van der Waals surface area contributed by atoms with Crippen LogP contribution in [0, 0.1) is 5.82 Å². The summed E-state index contributed by atoms with van der Waals surface area (Å²) in [5.74, 6) is -1.89. The molecule has 4 nitrogen and oxygen atoms in total. The van der Waals surface area contributed by atoms with Crippen molar-refractivity contribution in [2.24, 2.45) is 0 Å². The van der Waals surface area contributed by atoms with Crippen molar-refractivity contribution >= 4 is 24.0 Å². The van der Waals surface area contributed by atoms with Crippen LogP contribution in [0.1, 0.15) is 11.6 Å². The Balaban J connectivity index is 3.06. The van der Waals surface area contributed by atoms with Crippen LogP contribution in [0.3, 0.4) is 0 Å². The van der Waals surface area contributed by atoms with Gasteiger partial charge in [-0.25, -0.2) is 9.18 Å². The zero-order chi connectivity index (χ0) is 11.4. The Morgan fingerprint density at radius 1 is 1.60 bits per heavy atom. The summed E-state index contributed by atoms with van der Waals surface area (Å²) in [7, 11) is 0. The monoisotopic (exact) mass is 231 g/mol. The minimum absolute atomic E-state index is 0.188. The number of carboxylic acid groups (broad SMARTS) is 1. The molecule has 0 radical (unpaired) electrons. The van der Waals surface area contributed by atoms with E-state index >= 15 is 0 Å². The number of nitrogens with one attached hydrogen (secondary N) is 1. The van der Waals surface area contributed by atoms with Gasteiger partial charge in [0.2, 0.25) is 6.41 Å². The van der Waals surface area contributed by atoms with Crippen molar-refractivity contribution in [1.29, 1.82) is 0 Å². The van der Waals surface area contributed by atoms with E-state index in [1.165, 1.54) is 6.07 Å². The van der Waals surface area contributed by atoms with Gasteiger partial charge in [-0.15, -0.1) is 0 Å². The normalized spacial score (nSPS) is 11.9. The molecule has 1 unspecified atom stereocenters. The van der Waals surface area contributed by atoms with Gasteiger partial charge in [0.05, 0.1) is 5.02 Å². The van der Waals surface area contributed by atoms with E-state index in [4.69, 9.17) is 16.7 Å². The highest BCUT2D eigenvalue weighted by Gasteiger charge is 2.19. The molecule has 1 aromatic rings. The van der Waals surface area contributed by atoms with Crippen LogP contribution in [0.15, 0.2) is 18.2 Å². The lowest BCUT2D eigenvalue weighted by molar-refractivity contribution is -0.140. The van der Waals surface area contributed by atoms with Gasteiger partial charge in [-0.2, -0.15) is 0 Å². The fourth-order valence-electron chi connectivity index (χ4n) is 1.07. The lowest BCUT2D eigenvalue weighted by Crippen LogP contribution is -2.27. The lowest BCUT2D eigenvalue weighted by atomic mass is 10.1. The predicted octanol–water partition coefficient (Wildman–Crippen LogP) is 1.35. The molecule has 1 rings (SSSR count). The predicted molar refractivity (Wildman–Crippen MR) is 51.0 cm³/mol. The SMILES string of the molecule is O=CNC(C(=O)O)c1ccc(F)c(Cl)c1. The highest BCUT2D eigenvalue weighted by molar-refractivity contribution is 6.30. The summed E-state index contributed by atoms with van der Waals surface area (Å²) in [4.78, 5) is 20.9. The van der Waals surface area contributed by atoms with Gasteiger partial charge < -0.3 is 10.4 Å². The van der Waals surface area contributed by atoms with Crippen LogP contribution in [0.2, 0.25) is 5.02 Å². The molecule has 0 fully saturated rings. The number of aliphatic carboxylic acids is 1. The highest BCUT2D eigenvalue weighted by atomic mass is 35.5. The zero-order valence-electron chi connectivity index (χ0n) is 7.41. The molecule has 80 valence electrons. The summed E-state index contributed by atoms with van der Waals surface area (Å²) in [6, 6.07) is 2.23. The molecule has 0 saturated heterocycles. The fourth-order valence-corrected chi connectivity index (χ4v) is 1.26. The van der Waals surface area contributed by atoms with Gasteiger partial charge in [-0.05, 0) is 17.7 Å². The smallest absolute Gasteiger partial charge is 0.330 e. The molecule has 0 bridgehead atoms. The number of halogens is 2. The molecule has 1 amide bonds. The number of carboxylic acids is 1. The van der Waals surface area contributed by atoms with E-state index in [2.05, 4.69) is 5.32 Å². The molecular formula is C9H7ClFNO3. The number of benzene rings is 1. The number of hydrogen-bond acceptors (Lipinski definition) is 2. The average molecular weight is 232 g/mol. The Hall–Kier alpha value is -1.62. The van der Waals surface area contributed by atoms with Crippen molar-refractivity contribution in [2.45, 2.75) is 6.04 Å². The number of amides is 1. The summed E-state index contributed by atoms with van der Waals surface area (Å²) >= 11 is 5.48. The molecule has 0 aliphatic rings. The molecule has 0 aliphatic heterocycles. The lowest BCUT2D eigenvalue weighted by Gasteiger charge is -2.11. The summed E-state index contributed by atoms with van der Waals surface area (Å²) in [5.41, 5.74) is 0.209. The van der Waals surface area contributed by atoms with E-state index in [0.717, 1.165) is 12.1 Å². The Morgan fingerprint density at radius 2 is 2.27 bits per heavy atom. The summed E-state index contributed by atoms with van der Waals surface area (Å²) < 4.78 is 12.8. The first-order valence-corrected chi connectivity index (χ1v) is 4.31. The number of hydrogen-bond donors (Lipinski definition) is 2. The van der Waals surface area contributed by atoms with Crippen molar-refractivity contribution in [3.63, 3.8) is 0 Å². The molecule has 0 saturated carbocycles. The van der Waals surface area contributed by atoms with Crippen LogP contribution in [-0.4, -0.2) is 17.5 Å². The van der Waals surface area contributed by atoms with E-state index in [-0.39, 0.29) is 17.0 Å². The zero-order valence-corrected chi connectivity index (χ0v) is 8.16. The second-order valence-corrected chi connectivity index (χ2v) is 3.14. The van der Waals surface area contributed by atoms with Crippen molar-refractivity contribution in [3.05, 3.63) is 34.6 Å². The van der Waals surface area contributed by atoms with Crippen molar-refractivity contribution in [3.8, 4) is 0 Å². The number of rotatable bonds is 4. The van der Waals surface area contributed by atoms with Gasteiger partial charge in [-0.1, -0.05) is 17.7 Å². The van der Waals surface area contributed by atoms with E-state index in [1.807, 2.05) is 0 Å². The Morgan fingerprint density at radius 3 is 2.73 bits per heavy atom. The standard InChI is InChI=1S/C9H7ClFNO3/c10-6-3-5(1-2-7(6)11)8(9(14)15)12-4-13/h1-4,8H,(H,12,13)(H,14,15). The average Bonchev–Trinajstić information content (AvgIpc) is 2.18. The molecule has 1 aromatic carbocycles. The van der Waals surface area contributed by atoms with Gasteiger partial charge >= 0.3 is 5.97 Å². The first-order chi connectivity index (χ1) is 7.06. The van der Waals surface area contributed by atoms with Crippen LogP contribution in [0.25, 0.3) is 0 Å². The minimum Gasteiger partial charge on any atom is -0.479 e. The van der Waals surface area contributed by atoms with Gasteiger partial charge in [0.15, 0.2) is 6.04 Å². The van der Waals surface area contributed by atoms with E-state index < -0.39 is 17.8 Å². The van der Waals surface area contributed by atoms with Gasteiger partial charge in [0.1, 0.15) is 5.82 Å². The summed E-state index contributed by atoms with van der Waals surface area (Å²) in [5, 5.41) is 10.7. The fraction of sp³-hybridized carbons (Fsp3) is 0.111. The van der Waals surface area contributed by atoms with Crippen LogP contribution in [0.5, 0.6) is 0 Å². The van der Waals surface area contributed by atoms with Crippen LogP contribution in [0.4, 0.5) is 4.39 Å². The number of carbonyl (C=O) groups excluding carboxylic acids is 1. The third kappa shape index (κ3) is 2.66. The van der Waals surface area contributed by atoms with Crippen LogP contribution >= 0.6 is 11.6 Å².